The molecule has 17 heavy (non-hydrogen) atoms. The number of nitrogens with one attached hydrogen (secondary N) is 1. The molecule has 1 aromatic heterocycles. The first-order valence-corrected chi connectivity index (χ1v) is 6.65. The number of hydrogen-bond donors (Lipinski definition) is 2. The molecule has 0 aliphatic heterocycles. The summed E-state index contributed by atoms with van der Waals surface area (Å²) in [6.45, 7) is 8.32. The Balaban J connectivity index is 2.84. The van der Waals surface area contributed by atoms with Gasteiger partial charge in [0.2, 0.25) is 0 Å². The van der Waals surface area contributed by atoms with Gasteiger partial charge in [0.1, 0.15) is 16.2 Å². The van der Waals surface area contributed by atoms with Gasteiger partial charge in [-0.2, -0.15) is 0 Å². The second-order valence-electron chi connectivity index (χ2n) is 4.68. The van der Waals surface area contributed by atoms with Gasteiger partial charge in [0.25, 0.3) is 0 Å². The molecular formula is C12H20BrN3O. The Hall–Kier alpha value is -0.680. The lowest BCUT2D eigenvalue weighted by Gasteiger charge is -2.20. The van der Waals surface area contributed by atoms with E-state index < -0.39 is 0 Å². The van der Waals surface area contributed by atoms with Gasteiger partial charge in [-0.3, -0.25) is 0 Å². The van der Waals surface area contributed by atoms with Crippen molar-refractivity contribution in [3.63, 3.8) is 0 Å². The summed E-state index contributed by atoms with van der Waals surface area (Å²) in [4.78, 5) is 8.78. The highest BCUT2D eigenvalue weighted by atomic mass is 79.9. The molecule has 1 rings (SSSR count). The average Bonchev–Trinajstić information content (AvgIpc) is 2.26. The Morgan fingerprint density at radius 1 is 1.29 bits per heavy atom. The van der Waals surface area contributed by atoms with E-state index in [1.807, 2.05) is 19.9 Å². The molecule has 0 aromatic carbocycles. The first kappa shape index (κ1) is 14.4. The largest absolute Gasteiger partial charge is 0.396 e. The van der Waals surface area contributed by atoms with Crippen molar-refractivity contribution in [2.24, 2.45) is 5.92 Å². The molecular weight excluding hydrogens is 282 g/mol. The Bertz CT molecular complexity index is 371. The van der Waals surface area contributed by atoms with Crippen molar-refractivity contribution in [2.45, 2.75) is 39.7 Å². The van der Waals surface area contributed by atoms with Gasteiger partial charge in [-0.05, 0) is 28.8 Å². The van der Waals surface area contributed by atoms with Crippen LogP contribution in [0.3, 0.4) is 0 Å². The van der Waals surface area contributed by atoms with Crippen LogP contribution < -0.4 is 5.32 Å². The van der Waals surface area contributed by atoms with Crippen molar-refractivity contribution in [1.82, 2.24) is 9.97 Å². The van der Waals surface area contributed by atoms with Crippen molar-refractivity contribution < 1.29 is 5.11 Å². The number of aromatic nitrogens is 2. The Morgan fingerprint density at radius 3 is 2.47 bits per heavy atom. The predicted molar refractivity (Wildman–Crippen MR) is 73.2 cm³/mol. The van der Waals surface area contributed by atoms with E-state index in [4.69, 9.17) is 5.11 Å². The van der Waals surface area contributed by atoms with E-state index >= 15 is 0 Å². The molecule has 5 heteroatoms. The minimum absolute atomic E-state index is 0.164. The molecule has 2 unspecified atom stereocenters. The lowest BCUT2D eigenvalue weighted by Crippen LogP contribution is -2.27. The van der Waals surface area contributed by atoms with Crippen LogP contribution in [0.1, 0.15) is 39.4 Å². The topological polar surface area (TPSA) is 58.0 Å². The Morgan fingerprint density at radius 2 is 1.94 bits per heavy atom. The highest BCUT2D eigenvalue weighted by Crippen LogP contribution is 2.19. The van der Waals surface area contributed by atoms with E-state index in [1.54, 1.807) is 0 Å². The molecule has 0 fully saturated rings. The van der Waals surface area contributed by atoms with Crippen LogP contribution in [0.4, 0.5) is 5.82 Å². The van der Waals surface area contributed by atoms with Gasteiger partial charge in [-0.1, -0.05) is 20.8 Å². The smallest absolute Gasteiger partial charge is 0.134 e. The van der Waals surface area contributed by atoms with Crippen LogP contribution >= 0.6 is 15.9 Å². The lowest BCUT2D eigenvalue weighted by molar-refractivity contribution is 0.226. The molecule has 0 aliphatic rings. The molecule has 4 nitrogen and oxygen atoms in total. The third-order valence-corrected chi connectivity index (χ3v) is 3.15. The molecule has 1 aromatic rings. The third kappa shape index (κ3) is 4.24. The molecule has 0 aliphatic carbocycles. The van der Waals surface area contributed by atoms with Gasteiger partial charge in [0, 0.05) is 24.6 Å². The van der Waals surface area contributed by atoms with E-state index in [1.165, 1.54) is 0 Å². The summed E-state index contributed by atoms with van der Waals surface area (Å²) < 4.78 is 0.780. The second kappa shape index (κ2) is 6.31. The minimum atomic E-state index is 0.164. The van der Waals surface area contributed by atoms with Crippen LogP contribution in [0, 0.1) is 5.92 Å². The summed E-state index contributed by atoms with van der Waals surface area (Å²) in [5, 5.41) is 12.4. The Kier molecular flexibility index (Phi) is 5.33. The maximum Gasteiger partial charge on any atom is 0.134 e. The van der Waals surface area contributed by atoms with Crippen molar-refractivity contribution in [3.05, 3.63) is 16.5 Å². The monoisotopic (exact) mass is 301 g/mol. The summed E-state index contributed by atoms with van der Waals surface area (Å²) in [6, 6.07) is 2.02. The summed E-state index contributed by atoms with van der Waals surface area (Å²) in [5.74, 6) is 2.08. The molecule has 0 spiro atoms. The quantitative estimate of drug-likeness (QED) is 0.821. The van der Waals surface area contributed by atoms with Gasteiger partial charge >= 0.3 is 0 Å². The molecule has 0 radical (unpaired) electrons. The van der Waals surface area contributed by atoms with E-state index in [0.29, 0.717) is 5.92 Å². The maximum atomic E-state index is 9.10. The zero-order valence-corrected chi connectivity index (χ0v) is 12.3. The molecule has 1 heterocycles. The summed E-state index contributed by atoms with van der Waals surface area (Å²) in [7, 11) is 0. The van der Waals surface area contributed by atoms with Crippen molar-refractivity contribution in [2.75, 3.05) is 11.9 Å². The van der Waals surface area contributed by atoms with Crippen LogP contribution in [0.15, 0.2) is 10.7 Å². The van der Waals surface area contributed by atoms with E-state index in [9.17, 15) is 0 Å². The number of aliphatic hydroxyl groups excluding tert-OH is 1. The van der Waals surface area contributed by atoms with Crippen molar-refractivity contribution in [1.29, 1.82) is 0 Å². The van der Waals surface area contributed by atoms with Crippen LogP contribution in [-0.2, 0) is 0 Å². The number of halogens is 1. The molecule has 2 N–H and O–H groups in total. The van der Waals surface area contributed by atoms with Gasteiger partial charge in [-0.25, -0.2) is 9.97 Å². The maximum absolute atomic E-state index is 9.10. The SMILES string of the molecule is CC(C)c1nc(Br)cc(NC(C)C(C)CO)n1. The van der Waals surface area contributed by atoms with Crippen molar-refractivity contribution in [3.8, 4) is 0 Å². The van der Waals surface area contributed by atoms with Crippen LogP contribution in [0.2, 0.25) is 0 Å². The van der Waals surface area contributed by atoms with Gasteiger partial charge in [-0.15, -0.1) is 0 Å². The van der Waals surface area contributed by atoms with Gasteiger partial charge in [0.05, 0.1) is 0 Å². The molecule has 0 bridgehead atoms. The minimum Gasteiger partial charge on any atom is -0.396 e. The number of aliphatic hydroxyl groups is 1. The fraction of sp³-hybridized carbons (Fsp3) is 0.667. The zero-order valence-electron chi connectivity index (χ0n) is 10.7. The standard InChI is InChI=1S/C12H20BrN3O/c1-7(2)12-15-10(13)5-11(16-12)14-9(4)8(3)6-17/h5,7-9,17H,6H2,1-4H3,(H,14,15,16). The number of nitrogens with zero attached hydrogens (tertiary/aromatic N) is 2. The molecule has 2 atom stereocenters. The normalized spacial score (nSPS) is 14.8. The summed E-state index contributed by atoms with van der Waals surface area (Å²) in [5.41, 5.74) is 0. The molecule has 96 valence electrons. The highest BCUT2D eigenvalue weighted by Gasteiger charge is 2.13. The first-order chi connectivity index (χ1) is 7.93. The highest BCUT2D eigenvalue weighted by molar-refractivity contribution is 9.10. The molecule has 0 amide bonds. The molecule has 0 saturated carbocycles. The number of hydrogen-bond acceptors (Lipinski definition) is 4. The Labute approximate surface area is 111 Å². The zero-order chi connectivity index (χ0) is 13.0. The first-order valence-electron chi connectivity index (χ1n) is 5.86. The van der Waals surface area contributed by atoms with Crippen LogP contribution in [0.25, 0.3) is 0 Å². The van der Waals surface area contributed by atoms with Crippen LogP contribution in [0.5, 0.6) is 0 Å². The van der Waals surface area contributed by atoms with E-state index in [2.05, 4.69) is 45.1 Å². The van der Waals surface area contributed by atoms with Gasteiger partial charge < -0.3 is 10.4 Å². The fourth-order valence-electron chi connectivity index (χ4n) is 1.30. The average molecular weight is 302 g/mol. The molecule has 0 saturated heterocycles. The van der Waals surface area contributed by atoms with E-state index in [-0.39, 0.29) is 18.6 Å². The van der Waals surface area contributed by atoms with Crippen molar-refractivity contribution >= 4 is 21.7 Å². The van der Waals surface area contributed by atoms with Crippen LogP contribution in [-0.4, -0.2) is 27.7 Å². The number of anilines is 1. The summed E-state index contributed by atoms with van der Waals surface area (Å²) in [6.07, 6.45) is 0. The lowest BCUT2D eigenvalue weighted by atomic mass is 10.1. The fourth-order valence-corrected chi connectivity index (χ4v) is 1.70. The number of rotatable bonds is 5. The van der Waals surface area contributed by atoms with Gasteiger partial charge in [0.15, 0.2) is 0 Å². The summed E-state index contributed by atoms with van der Waals surface area (Å²) >= 11 is 3.38. The predicted octanol–water partition coefficient (Wildman–Crippen LogP) is 2.79. The second-order valence-corrected chi connectivity index (χ2v) is 5.49. The van der Waals surface area contributed by atoms with E-state index in [0.717, 1.165) is 16.2 Å². The third-order valence-electron chi connectivity index (χ3n) is 2.75.